The lowest BCUT2D eigenvalue weighted by Crippen LogP contribution is -2.54. The van der Waals surface area contributed by atoms with E-state index in [0.717, 1.165) is 32.7 Å². The van der Waals surface area contributed by atoms with Gasteiger partial charge in [0.25, 0.3) is 0 Å². The fourth-order valence-electron chi connectivity index (χ4n) is 3.53. The topological polar surface area (TPSA) is 26.7 Å². The zero-order valence-corrected chi connectivity index (χ0v) is 13.1. The van der Waals surface area contributed by atoms with Crippen molar-refractivity contribution >= 4 is 0 Å². The highest BCUT2D eigenvalue weighted by Gasteiger charge is 2.28. The van der Waals surface area contributed by atoms with E-state index in [1.54, 1.807) is 0 Å². The second-order valence-electron chi connectivity index (χ2n) is 7.42. The molecule has 2 aliphatic rings. The van der Waals surface area contributed by atoms with Gasteiger partial charge in [-0.25, -0.2) is 0 Å². The van der Waals surface area contributed by atoms with E-state index in [0.29, 0.717) is 5.92 Å². The Morgan fingerprint density at radius 1 is 1.00 bits per heavy atom. The van der Waals surface area contributed by atoms with Gasteiger partial charge in [0.2, 0.25) is 0 Å². The molecule has 1 aliphatic heterocycles. The number of aliphatic hydroxyl groups is 1. The van der Waals surface area contributed by atoms with Gasteiger partial charge >= 0.3 is 0 Å². The Bertz CT molecular complexity index is 260. The van der Waals surface area contributed by atoms with Gasteiger partial charge in [0, 0.05) is 38.3 Å². The van der Waals surface area contributed by atoms with E-state index < -0.39 is 0 Å². The minimum atomic E-state index is -0.0958. The molecular formula is C16H32N2O. The van der Waals surface area contributed by atoms with Crippen LogP contribution in [0.2, 0.25) is 0 Å². The van der Waals surface area contributed by atoms with Crippen molar-refractivity contribution in [2.24, 2.45) is 5.92 Å². The summed E-state index contributed by atoms with van der Waals surface area (Å²) in [6.07, 6.45) is 6.39. The van der Waals surface area contributed by atoms with Crippen LogP contribution in [0.3, 0.4) is 0 Å². The van der Waals surface area contributed by atoms with Crippen LogP contribution in [0.15, 0.2) is 0 Å². The molecule has 2 fully saturated rings. The zero-order valence-electron chi connectivity index (χ0n) is 13.1. The fraction of sp³-hybridized carbons (Fsp3) is 1.00. The second-order valence-corrected chi connectivity index (χ2v) is 7.42. The number of aliphatic hydroxyl groups excluding tert-OH is 1. The SMILES string of the molecule is CC(C)(C)N1CCN(CC(O)C2CCCCC2)CC1. The molecule has 1 unspecified atom stereocenters. The Labute approximate surface area is 119 Å². The van der Waals surface area contributed by atoms with Crippen molar-refractivity contribution in [3.63, 3.8) is 0 Å². The predicted molar refractivity (Wildman–Crippen MR) is 80.3 cm³/mol. The van der Waals surface area contributed by atoms with Crippen molar-refractivity contribution in [1.29, 1.82) is 0 Å². The van der Waals surface area contributed by atoms with Crippen molar-refractivity contribution in [1.82, 2.24) is 9.80 Å². The maximum absolute atomic E-state index is 10.4. The maximum Gasteiger partial charge on any atom is 0.0695 e. The standard InChI is InChI=1S/C16H32N2O/c1-16(2,3)18-11-9-17(10-12-18)13-15(19)14-7-5-4-6-8-14/h14-15,19H,4-13H2,1-3H3. The highest BCUT2D eigenvalue weighted by Crippen LogP contribution is 2.27. The molecule has 0 aromatic carbocycles. The third-order valence-electron chi connectivity index (χ3n) is 4.96. The van der Waals surface area contributed by atoms with E-state index in [1.165, 1.54) is 32.1 Å². The Morgan fingerprint density at radius 3 is 2.11 bits per heavy atom. The first-order valence-corrected chi connectivity index (χ1v) is 8.12. The van der Waals surface area contributed by atoms with Crippen LogP contribution in [0.25, 0.3) is 0 Å². The molecule has 0 amide bonds. The smallest absolute Gasteiger partial charge is 0.0695 e. The van der Waals surface area contributed by atoms with Gasteiger partial charge in [-0.3, -0.25) is 9.80 Å². The van der Waals surface area contributed by atoms with Gasteiger partial charge in [0.15, 0.2) is 0 Å². The van der Waals surface area contributed by atoms with Crippen molar-refractivity contribution in [3.8, 4) is 0 Å². The van der Waals surface area contributed by atoms with Gasteiger partial charge in [0.05, 0.1) is 6.10 Å². The molecule has 112 valence electrons. The average molecular weight is 268 g/mol. The monoisotopic (exact) mass is 268 g/mol. The van der Waals surface area contributed by atoms with Gasteiger partial charge in [-0.05, 0) is 39.5 Å². The van der Waals surface area contributed by atoms with E-state index in [2.05, 4.69) is 30.6 Å². The van der Waals surface area contributed by atoms with E-state index in [1.807, 2.05) is 0 Å². The first kappa shape index (κ1) is 15.3. The summed E-state index contributed by atoms with van der Waals surface area (Å²) in [6, 6.07) is 0. The van der Waals surface area contributed by atoms with Crippen LogP contribution < -0.4 is 0 Å². The normalized spacial score (nSPS) is 26.5. The van der Waals surface area contributed by atoms with E-state index in [-0.39, 0.29) is 11.6 Å². The molecule has 3 nitrogen and oxygen atoms in total. The van der Waals surface area contributed by atoms with Crippen molar-refractivity contribution in [2.75, 3.05) is 32.7 Å². The number of rotatable bonds is 3. The molecule has 0 spiro atoms. The quantitative estimate of drug-likeness (QED) is 0.851. The highest BCUT2D eigenvalue weighted by atomic mass is 16.3. The first-order chi connectivity index (χ1) is 8.97. The Kier molecular flexibility index (Phi) is 5.27. The molecule has 19 heavy (non-hydrogen) atoms. The van der Waals surface area contributed by atoms with Crippen LogP contribution in [0.5, 0.6) is 0 Å². The lowest BCUT2D eigenvalue weighted by molar-refractivity contribution is 0.0119. The highest BCUT2D eigenvalue weighted by molar-refractivity contribution is 4.84. The van der Waals surface area contributed by atoms with Crippen LogP contribution in [0.1, 0.15) is 52.9 Å². The zero-order chi connectivity index (χ0) is 13.9. The molecule has 1 heterocycles. The minimum absolute atomic E-state index is 0.0958. The van der Waals surface area contributed by atoms with Crippen molar-refractivity contribution in [2.45, 2.75) is 64.5 Å². The van der Waals surface area contributed by atoms with E-state index in [9.17, 15) is 5.11 Å². The summed E-state index contributed by atoms with van der Waals surface area (Å²) in [5, 5.41) is 10.4. The summed E-state index contributed by atoms with van der Waals surface area (Å²) >= 11 is 0. The second kappa shape index (κ2) is 6.55. The van der Waals surface area contributed by atoms with E-state index >= 15 is 0 Å². The number of hydrogen-bond donors (Lipinski definition) is 1. The van der Waals surface area contributed by atoms with Gasteiger partial charge in [-0.15, -0.1) is 0 Å². The first-order valence-electron chi connectivity index (χ1n) is 8.12. The largest absolute Gasteiger partial charge is 0.392 e. The van der Waals surface area contributed by atoms with Crippen molar-refractivity contribution < 1.29 is 5.11 Å². The van der Waals surface area contributed by atoms with Crippen LogP contribution in [0, 0.1) is 5.92 Å². The summed E-state index contributed by atoms with van der Waals surface area (Å²) in [4.78, 5) is 5.01. The maximum atomic E-state index is 10.4. The van der Waals surface area contributed by atoms with Gasteiger partial charge < -0.3 is 5.11 Å². The average Bonchev–Trinajstić information content (AvgIpc) is 2.39. The summed E-state index contributed by atoms with van der Waals surface area (Å²) in [5.41, 5.74) is 0.286. The molecule has 1 aliphatic carbocycles. The van der Waals surface area contributed by atoms with Gasteiger partial charge in [-0.1, -0.05) is 19.3 Å². The molecule has 1 atom stereocenters. The number of β-amino-alcohol motifs (C(OH)–C–C–N with tert-alkyl or cyclic N) is 1. The number of hydrogen-bond acceptors (Lipinski definition) is 3. The Morgan fingerprint density at radius 2 is 1.58 bits per heavy atom. The fourth-order valence-corrected chi connectivity index (χ4v) is 3.53. The molecule has 1 saturated carbocycles. The third kappa shape index (κ3) is 4.44. The van der Waals surface area contributed by atoms with Gasteiger partial charge in [-0.2, -0.15) is 0 Å². The van der Waals surface area contributed by atoms with Crippen LogP contribution in [-0.4, -0.2) is 59.3 Å². The molecule has 0 aromatic heterocycles. The van der Waals surface area contributed by atoms with E-state index in [4.69, 9.17) is 0 Å². The number of piperazine rings is 1. The molecule has 3 heteroatoms. The molecule has 2 rings (SSSR count). The van der Waals surface area contributed by atoms with Crippen LogP contribution in [0.4, 0.5) is 0 Å². The van der Waals surface area contributed by atoms with Crippen LogP contribution >= 0.6 is 0 Å². The summed E-state index contributed by atoms with van der Waals surface area (Å²) in [7, 11) is 0. The number of nitrogens with zero attached hydrogens (tertiary/aromatic N) is 2. The van der Waals surface area contributed by atoms with Crippen molar-refractivity contribution in [3.05, 3.63) is 0 Å². The summed E-state index contributed by atoms with van der Waals surface area (Å²) in [5.74, 6) is 0.564. The Hall–Kier alpha value is -0.120. The minimum Gasteiger partial charge on any atom is -0.392 e. The molecule has 1 saturated heterocycles. The molecule has 0 radical (unpaired) electrons. The lowest BCUT2D eigenvalue weighted by Gasteiger charge is -2.43. The van der Waals surface area contributed by atoms with Gasteiger partial charge in [0.1, 0.15) is 0 Å². The molecule has 1 N–H and O–H groups in total. The lowest BCUT2D eigenvalue weighted by atomic mass is 9.85. The van der Waals surface area contributed by atoms with Crippen LogP contribution in [-0.2, 0) is 0 Å². The summed E-state index contributed by atoms with van der Waals surface area (Å²) in [6.45, 7) is 12.3. The molecule has 0 bridgehead atoms. The summed E-state index contributed by atoms with van der Waals surface area (Å²) < 4.78 is 0. The predicted octanol–water partition coefficient (Wildman–Crippen LogP) is 2.34. The molecular weight excluding hydrogens is 236 g/mol. The Balaban J connectivity index is 1.73. The third-order valence-corrected chi connectivity index (χ3v) is 4.96. The molecule has 0 aromatic rings.